The highest BCUT2D eigenvalue weighted by molar-refractivity contribution is 5.59. The van der Waals surface area contributed by atoms with Gasteiger partial charge in [-0.15, -0.1) is 6.58 Å². The first-order valence-electron chi connectivity index (χ1n) is 12.6. The highest BCUT2D eigenvalue weighted by atomic mass is 15.2. The first kappa shape index (κ1) is 22.9. The van der Waals surface area contributed by atoms with E-state index in [2.05, 4.69) is 92.7 Å². The lowest BCUT2D eigenvalue weighted by Crippen LogP contribution is -2.33. The molecule has 176 valence electrons. The molecule has 0 bridgehead atoms. The van der Waals surface area contributed by atoms with Gasteiger partial charge in [0, 0.05) is 49.0 Å². The first-order valence-corrected chi connectivity index (χ1v) is 12.6. The van der Waals surface area contributed by atoms with E-state index >= 15 is 0 Å². The molecule has 2 unspecified atom stereocenters. The van der Waals surface area contributed by atoms with E-state index in [1.165, 1.54) is 45.5 Å². The van der Waals surface area contributed by atoms with Crippen molar-refractivity contribution in [3.05, 3.63) is 106 Å². The number of rotatable bonds is 5. The smallest absolute Gasteiger partial charge is 0.0461 e. The summed E-state index contributed by atoms with van der Waals surface area (Å²) in [6.07, 6.45) is 7.41. The largest absolute Gasteiger partial charge is 0.398 e. The Hall–Kier alpha value is -2.91. The highest BCUT2D eigenvalue weighted by Gasteiger charge is 2.35. The van der Waals surface area contributed by atoms with Crippen molar-refractivity contribution < 1.29 is 0 Å². The topological polar surface area (TPSA) is 42.2 Å². The minimum atomic E-state index is -0.107. The third-order valence-corrected chi connectivity index (χ3v) is 8.34. The minimum Gasteiger partial charge on any atom is -0.398 e. The summed E-state index contributed by atoms with van der Waals surface area (Å²) in [6, 6.07) is 16.5. The van der Waals surface area contributed by atoms with Crippen LogP contribution < -0.4 is 5.73 Å². The van der Waals surface area contributed by atoms with Gasteiger partial charge in [0.25, 0.3) is 0 Å². The molecule has 5 rings (SSSR count). The van der Waals surface area contributed by atoms with Crippen LogP contribution in [0.25, 0.3) is 0 Å². The van der Waals surface area contributed by atoms with Gasteiger partial charge >= 0.3 is 0 Å². The Bertz CT molecular complexity index is 1240. The van der Waals surface area contributed by atoms with Crippen molar-refractivity contribution in [2.24, 2.45) is 5.41 Å². The van der Waals surface area contributed by atoms with Gasteiger partial charge in [-0.05, 0) is 77.1 Å². The predicted octanol–water partition coefficient (Wildman–Crippen LogP) is 6.67. The molecule has 2 heterocycles. The number of aryl methyl sites for hydroxylation is 2. The number of nitrogens with zero attached hydrogens (tertiary/aromatic N) is 2. The lowest BCUT2D eigenvalue weighted by Gasteiger charge is -2.36. The van der Waals surface area contributed by atoms with Crippen LogP contribution in [0, 0.1) is 19.3 Å². The van der Waals surface area contributed by atoms with E-state index in [1.54, 1.807) is 0 Å². The fourth-order valence-corrected chi connectivity index (χ4v) is 6.13. The van der Waals surface area contributed by atoms with E-state index < -0.39 is 0 Å². The molecule has 3 heteroatoms. The molecule has 2 aliphatic rings. The van der Waals surface area contributed by atoms with E-state index in [0.29, 0.717) is 6.04 Å². The van der Waals surface area contributed by atoms with Gasteiger partial charge in [-0.1, -0.05) is 56.3 Å². The number of fused-ring (bicyclic) bond motifs is 2. The maximum absolute atomic E-state index is 6.49. The predicted molar refractivity (Wildman–Crippen MR) is 142 cm³/mol. The number of hydrogen-bond donors (Lipinski definition) is 1. The molecule has 3 aromatic rings. The molecule has 3 nitrogen and oxygen atoms in total. The number of aromatic nitrogens is 1. The zero-order valence-corrected chi connectivity index (χ0v) is 21.1. The van der Waals surface area contributed by atoms with Crippen molar-refractivity contribution in [2.45, 2.75) is 65.5 Å². The Balaban J connectivity index is 1.55. The van der Waals surface area contributed by atoms with Crippen LogP contribution in [0.5, 0.6) is 0 Å². The Morgan fingerprint density at radius 1 is 1.12 bits per heavy atom. The average Bonchev–Trinajstić information content (AvgIpc) is 3.27. The minimum absolute atomic E-state index is 0.107. The monoisotopic (exact) mass is 451 g/mol. The maximum atomic E-state index is 6.49. The third-order valence-electron chi connectivity index (χ3n) is 8.34. The van der Waals surface area contributed by atoms with E-state index in [0.717, 1.165) is 37.2 Å². The third kappa shape index (κ3) is 3.86. The van der Waals surface area contributed by atoms with Crippen LogP contribution in [0.4, 0.5) is 5.69 Å². The molecule has 0 radical (unpaired) electrons. The Labute approximate surface area is 204 Å². The van der Waals surface area contributed by atoms with Crippen LogP contribution in [0.3, 0.4) is 0 Å². The normalized spacial score (nSPS) is 18.9. The van der Waals surface area contributed by atoms with Crippen LogP contribution >= 0.6 is 0 Å². The second-order valence-electron chi connectivity index (χ2n) is 10.8. The molecule has 0 fully saturated rings. The van der Waals surface area contributed by atoms with E-state index in [-0.39, 0.29) is 11.3 Å². The van der Waals surface area contributed by atoms with Gasteiger partial charge < -0.3 is 5.73 Å². The summed E-state index contributed by atoms with van der Waals surface area (Å²) in [6.45, 7) is 15.1. The van der Waals surface area contributed by atoms with Crippen molar-refractivity contribution >= 4 is 5.69 Å². The van der Waals surface area contributed by atoms with Crippen LogP contribution in [-0.4, -0.2) is 16.4 Å². The molecule has 2 N–H and O–H groups in total. The summed E-state index contributed by atoms with van der Waals surface area (Å²) < 4.78 is 0. The zero-order chi connectivity index (χ0) is 24.0. The molecule has 2 atom stereocenters. The van der Waals surface area contributed by atoms with Crippen LogP contribution in [-0.2, 0) is 19.4 Å². The Morgan fingerprint density at radius 2 is 1.94 bits per heavy atom. The quantitative estimate of drug-likeness (QED) is 0.348. The van der Waals surface area contributed by atoms with Crippen LogP contribution in [0.15, 0.2) is 61.3 Å². The fraction of sp³-hybridized carbons (Fsp3) is 0.387. The Kier molecular flexibility index (Phi) is 5.85. The summed E-state index contributed by atoms with van der Waals surface area (Å²) in [7, 11) is 0. The summed E-state index contributed by atoms with van der Waals surface area (Å²) in [5.74, 6) is 0.200. The van der Waals surface area contributed by atoms with Crippen molar-refractivity contribution in [1.82, 2.24) is 9.88 Å². The molecule has 1 aliphatic carbocycles. The van der Waals surface area contributed by atoms with Gasteiger partial charge in [0.05, 0.1) is 0 Å². The second-order valence-corrected chi connectivity index (χ2v) is 10.8. The number of hydrogen-bond acceptors (Lipinski definition) is 3. The maximum Gasteiger partial charge on any atom is 0.0461 e. The Morgan fingerprint density at radius 3 is 2.74 bits per heavy atom. The lowest BCUT2D eigenvalue weighted by molar-refractivity contribution is 0.177. The fourth-order valence-electron chi connectivity index (χ4n) is 6.13. The van der Waals surface area contributed by atoms with Gasteiger partial charge in [-0.25, -0.2) is 0 Å². The molecular weight excluding hydrogens is 414 g/mol. The number of allylic oxidation sites excluding steroid dienone is 1. The molecule has 34 heavy (non-hydrogen) atoms. The number of nitrogen functional groups attached to an aromatic ring is 1. The summed E-state index contributed by atoms with van der Waals surface area (Å²) in [5.41, 5.74) is 18.0. The van der Waals surface area contributed by atoms with Crippen LogP contribution in [0.1, 0.15) is 76.9 Å². The number of nitrogens with two attached hydrogens (primary N) is 1. The standard InChI is InChI=1S/C31H37N3/c1-6-31(4,5)29(25-13-9-20(2)30(32)21(25)3)23-11-10-22-12-14-28(26(22)18-23)34-17-15-27-24(19-34)8-7-16-33-27/h6-11,13,16,18,28-29H,1,12,14-15,17,19,32H2,2-5H3. The second kappa shape index (κ2) is 8.70. The van der Waals surface area contributed by atoms with Gasteiger partial charge in [0.2, 0.25) is 0 Å². The zero-order valence-electron chi connectivity index (χ0n) is 21.1. The van der Waals surface area contributed by atoms with Crippen molar-refractivity contribution in [3.8, 4) is 0 Å². The molecule has 2 aromatic carbocycles. The lowest BCUT2D eigenvalue weighted by atomic mass is 9.69. The van der Waals surface area contributed by atoms with E-state index in [4.69, 9.17) is 5.73 Å². The number of benzene rings is 2. The summed E-state index contributed by atoms with van der Waals surface area (Å²) >= 11 is 0. The van der Waals surface area contributed by atoms with Crippen molar-refractivity contribution in [1.29, 1.82) is 0 Å². The van der Waals surface area contributed by atoms with E-state index in [1.807, 2.05) is 6.20 Å². The summed E-state index contributed by atoms with van der Waals surface area (Å²) in [4.78, 5) is 7.28. The average molecular weight is 452 g/mol. The van der Waals surface area contributed by atoms with Gasteiger partial charge in [0.15, 0.2) is 0 Å². The van der Waals surface area contributed by atoms with E-state index in [9.17, 15) is 0 Å². The molecule has 0 saturated carbocycles. The van der Waals surface area contributed by atoms with Crippen molar-refractivity contribution in [3.63, 3.8) is 0 Å². The highest BCUT2D eigenvalue weighted by Crippen LogP contribution is 2.47. The number of anilines is 1. The molecule has 0 spiro atoms. The molecular formula is C31H37N3. The number of pyridine rings is 1. The van der Waals surface area contributed by atoms with Crippen LogP contribution in [0.2, 0.25) is 0 Å². The van der Waals surface area contributed by atoms with Gasteiger partial charge in [0.1, 0.15) is 0 Å². The molecule has 0 saturated heterocycles. The first-order chi connectivity index (χ1) is 16.3. The molecule has 0 amide bonds. The SMILES string of the molecule is C=CC(C)(C)C(c1ccc2c(c1)C(N1CCc3ncccc3C1)CC2)c1ccc(C)c(N)c1C. The summed E-state index contributed by atoms with van der Waals surface area (Å²) in [5, 5.41) is 0. The molecule has 1 aliphatic heterocycles. The molecule has 1 aromatic heterocycles. The van der Waals surface area contributed by atoms with Crippen molar-refractivity contribution in [2.75, 3.05) is 12.3 Å². The van der Waals surface area contributed by atoms with Gasteiger partial charge in [-0.3, -0.25) is 9.88 Å². The van der Waals surface area contributed by atoms with Gasteiger partial charge in [-0.2, -0.15) is 0 Å².